The van der Waals surface area contributed by atoms with Crippen LogP contribution in [0.5, 0.6) is 0 Å². The fraction of sp³-hybridized carbons (Fsp3) is 0.176. The van der Waals surface area contributed by atoms with Crippen LogP contribution >= 0.6 is 0 Å². The monoisotopic (exact) mass is 312 g/mol. The van der Waals surface area contributed by atoms with Gasteiger partial charge >= 0.3 is 5.97 Å². The second-order valence-corrected chi connectivity index (χ2v) is 5.31. The smallest absolute Gasteiger partial charge is 0.372 e. The van der Waals surface area contributed by atoms with Crippen molar-refractivity contribution in [2.45, 2.75) is 13.5 Å². The molecule has 0 radical (unpaired) electrons. The number of hydrogen-bond acceptors (Lipinski definition) is 3. The predicted molar refractivity (Wildman–Crippen MR) is 84.5 cm³/mol. The number of hydrogen-bond donors (Lipinski definition) is 2. The summed E-state index contributed by atoms with van der Waals surface area (Å²) in [6, 6.07) is 10.6. The van der Waals surface area contributed by atoms with Crippen molar-refractivity contribution in [2.24, 2.45) is 7.05 Å². The van der Waals surface area contributed by atoms with Gasteiger partial charge in [-0.15, -0.1) is 0 Å². The molecular weight excluding hydrogens is 296 g/mol. The topological polar surface area (TPSA) is 84.5 Å². The Morgan fingerprint density at radius 2 is 1.96 bits per heavy atom. The minimum absolute atomic E-state index is 0.0850. The van der Waals surface area contributed by atoms with Gasteiger partial charge in [0.05, 0.1) is 0 Å². The second kappa shape index (κ2) is 5.64. The Morgan fingerprint density at radius 1 is 1.22 bits per heavy atom. The quantitative estimate of drug-likeness (QED) is 0.775. The van der Waals surface area contributed by atoms with Gasteiger partial charge in [0.25, 0.3) is 5.91 Å². The van der Waals surface area contributed by atoms with Crippen LogP contribution in [0.2, 0.25) is 0 Å². The van der Waals surface area contributed by atoms with E-state index >= 15 is 0 Å². The lowest BCUT2D eigenvalue weighted by Crippen LogP contribution is -2.25. The molecule has 0 saturated heterocycles. The van der Waals surface area contributed by atoms with Crippen LogP contribution in [0.4, 0.5) is 0 Å². The number of aromatic nitrogens is 1. The number of nitrogens with zero attached hydrogens (tertiary/aromatic N) is 1. The molecule has 118 valence electrons. The van der Waals surface area contributed by atoms with E-state index < -0.39 is 5.97 Å². The van der Waals surface area contributed by atoms with Crippen LogP contribution < -0.4 is 5.32 Å². The first-order valence-corrected chi connectivity index (χ1v) is 7.13. The number of fused-ring (bicyclic) bond motifs is 1. The second-order valence-electron chi connectivity index (χ2n) is 5.31. The summed E-state index contributed by atoms with van der Waals surface area (Å²) in [4.78, 5) is 23.6. The van der Waals surface area contributed by atoms with Crippen LogP contribution in [0, 0.1) is 6.92 Å². The number of nitrogens with one attached hydrogen (secondary N) is 1. The van der Waals surface area contributed by atoms with Crippen molar-refractivity contribution in [1.82, 2.24) is 9.88 Å². The highest BCUT2D eigenvalue weighted by atomic mass is 16.4. The molecule has 0 bridgehead atoms. The van der Waals surface area contributed by atoms with Crippen molar-refractivity contribution in [1.29, 1.82) is 0 Å². The average Bonchev–Trinajstić information content (AvgIpc) is 3.06. The van der Waals surface area contributed by atoms with E-state index in [0.717, 1.165) is 5.69 Å². The molecule has 1 amide bonds. The summed E-state index contributed by atoms with van der Waals surface area (Å²) >= 11 is 0. The number of benzene rings is 1. The number of rotatable bonds is 4. The van der Waals surface area contributed by atoms with Crippen molar-refractivity contribution in [2.75, 3.05) is 0 Å². The molecule has 2 aromatic heterocycles. The molecule has 3 rings (SSSR count). The molecular formula is C17H16N2O4. The molecule has 2 N–H and O–H groups in total. The van der Waals surface area contributed by atoms with Gasteiger partial charge in [-0.05, 0) is 25.1 Å². The highest BCUT2D eigenvalue weighted by Crippen LogP contribution is 2.25. The van der Waals surface area contributed by atoms with Crippen LogP contribution in [0.3, 0.4) is 0 Å². The lowest BCUT2D eigenvalue weighted by Gasteiger charge is -2.07. The van der Waals surface area contributed by atoms with Crippen molar-refractivity contribution in [3.8, 4) is 0 Å². The first-order valence-electron chi connectivity index (χ1n) is 7.13. The van der Waals surface area contributed by atoms with E-state index in [9.17, 15) is 14.7 Å². The van der Waals surface area contributed by atoms with Gasteiger partial charge in [0.1, 0.15) is 11.3 Å². The summed E-state index contributed by atoms with van der Waals surface area (Å²) in [6.45, 7) is 1.99. The Hall–Kier alpha value is -3.02. The zero-order chi connectivity index (χ0) is 16.6. The van der Waals surface area contributed by atoms with Gasteiger partial charge in [0.15, 0.2) is 0 Å². The Kier molecular flexibility index (Phi) is 3.65. The third-order valence-corrected chi connectivity index (χ3v) is 3.92. The lowest BCUT2D eigenvalue weighted by molar-refractivity contribution is 0.0662. The van der Waals surface area contributed by atoms with Gasteiger partial charge < -0.3 is 19.4 Å². The van der Waals surface area contributed by atoms with Crippen molar-refractivity contribution in [3.05, 3.63) is 59.1 Å². The minimum Gasteiger partial charge on any atom is -0.475 e. The Bertz CT molecular complexity index is 905. The van der Waals surface area contributed by atoms with Crippen molar-refractivity contribution in [3.63, 3.8) is 0 Å². The van der Waals surface area contributed by atoms with Gasteiger partial charge in [-0.1, -0.05) is 18.2 Å². The number of carboxylic acids is 1. The normalized spacial score (nSPS) is 10.9. The predicted octanol–water partition coefficient (Wildman–Crippen LogP) is 2.71. The summed E-state index contributed by atoms with van der Waals surface area (Å²) in [6.07, 6.45) is 0. The molecule has 6 heteroatoms. The fourth-order valence-electron chi connectivity index (χ4n) is 2.55. The summed E-state index contributed by atoms with van der Waals surface area (Å²) in [7, 11) is 1.81. The van der Waals surface area contributed by atoms with Crippen LogP contribution in [-0.2, 0) is 13.6 Å². The molecule has 23 heavy (non-hydrogen) atoms. The minimum atomic E-state index is -1.15. The average molecular weight is 312 g/mol. The van der Waals surface area contributed by atoms with Gasteiger partial charge in [0, 0.05) is 30.2 Å². The molecule has 0 atom stereocenters. The zero-order valence-electron chi connectivity index (χ0n) is 12.8. The molecule has 0 unspecified atom stereocenters. The third kappa shape index (κ3) is 2.59. The molecule has 0 aliphatic rings. The molecule has 0 aliphatic carbocycles. The van der Waals surface area contributed by atoms with Crippen LogP contribution in [0.1, 0.15) is 32.3 Å². The SMILES string of the molecule is Cc1ccc(C(=O)NCc2c(C(=O)O)oc3ccccc23)n1C. The van der Waals surface area contributed by atoms with Gasteiger partial charge in [0.2, 0.25) is 5.76 Å². The van der Waals surface area contributed by atoms with Crippen molar-refractivity contribution < 1.29 is 19.1 Å². The number of amides is 1. The standard InChI is InChI=1S/C17H16N2O4/c1-10-7-8-13(19(10)2)16(20)18-9-12-11-5-3-4-6-14(11)23-15(12)17(21)22/h3-8H,9H2,1-2H3,(H,18,20)(H,21,22). The number of para-hydroxylation sites is 1. The van der Waals surface area contributed by atoms with Crippen LogP contribution in [-0.4, -0.2) is 21.6 Å². The molecule has 0 spiro atoms. The highest BCUT2D eigenvalue weighted by molar-refractivity contribution is 5.96. The van der Waals surface area contributed by atoms with E-state index in [-0.39, 0.29) is 18.2 Å². The number of aryl methyl sites for hydroxylation is 1. The molecule has 0 saturated carbocycles. The first kappa shape index (κ1) is 14.9. The molecule has 2 heterocycles. The number of furan rings is 1. The number of aromatic carboxylic acids is 1. The highest BCUT2D eigenvalue weighted by Gasteiger charge is 2.20. The maximum Gasteiger partial charge on any atom is 0.372 e. The molecule has 6 nitrogen and oxygen atoms in total. The number of carboxylic acid groups (broad SMARTS) is 1. The Morgan fingerprint density at radius 3 is 2.61 bits per heavy atom. The Balaban J connectivity index is 1.89. The van der Waals surface area contributed by atoms with E-state index in [2.05, 4.69) is 5.32 Å². The van der Waals surface area contributed by atoms with E-state index in [0.29, 0.717) is 22.2 Å². The molecule has 3 aromatic rings. The summed E-state index contributed by atoms with van der Waals surface area (Å²) in [5.41, 5.74) is 2.44. The molecule has 0 fully saturated rings. The van der Waals surface area contributed by atoms with Crippen molar-refractivity contribution >= 4 is 22.8 Å². The molecule has 1 aromatic carbocycles. The van der Waals surface area contributed by atoms with Crippen LogP contribution in [0.25, 0.3) is 11.0 Å². The summed E-state index contributed by atoms with van der Waals surface area (Å²) < 4.78 is 7.15. The maximum atomic E-state index is 12.3. The third-order valence-electron chi connectivity index (χ3n) is 3.92. The first-order chi connectivity index (χ1) is 11.0. The number of carbonyl (C=O) groups is 2. The van der Waals surface area contributed by atoms with Gasteiger partial charge in [-0.2, -0.15) is 0 Å². The fourth-order valence-corrected chi connectivity index (χ4v) is 2.55. The number of carbonyl (C=O) groups excluding carboxylic acids is 1. The lowest BCUT2D eigenvalue weighted by atomic mass is 10.1. The van der Waals surface area contributed by atoms with E-state index in [1.165, 1.54) is 0 Å². The molecule has 0 aliphatic heterocycles. The Labute approximate surface area is 132 Å². The zero-order valence-corrected chi connectivity index (χ0v) is 12.8. The van der Waals surface area contributed by atoms with E-state index in [1.807, 2.05) is 13.0 Å². The largest absolute Gasteiger partial charge is 0.475 e. The summed E-state index contributed by atoms with van der Waals surface area (Å²) in [5.74, 6) is -1.56. The van der Waals surface area contributed by atoms with Gasteiger partial charge in [-0.25, -0.2) is 4.79 Å². The van der Waals surface area contributed by atoms with Crippen LogP contribution in [0.15, 0.2) is 40.8 Å². The maximum absolute atomic E-state index is 12.3. The van der Waals surface area contributed by atoms with E-state index in [4.69, 9.17) is 4.42 Å². The van der Waals surface area contributed by atoms with E-state index in [1.54, 1.807) is 41.9 Å². The van der Waals surface area contributed by atoms with Gasteiger partial charge in [-0.3, -0.25) is 4.79 Å². The summed E-state index contributed by atoms with van der Waals surface area (Å²) in [5, 5.41) is 12.7.